The summed E-state index contributed by atoms with van der Waals surface area (Å²) in [6, 6.07) is 7.25. The molecule has 0 amide bonds. The molecule has 0 spiro atoms. The summed E-state index contributed by atoms with van der Waals surface area (Å²) < 4.78 is 0. The fourth-order valence-electron chi connectivity index (χ4n) is 2.83. The summed E-state index contributed by atoms with van der Waals surface area (Å²) in [4.78, 5) is 0. The van der Waals surface area contributed by atoms with Gasteiger partial charge in [0.2, 0.25) is 0 Å². The maximum atomic E-state index is 3.82. The number of rotatable bonds is 5. The number of hydrogen-bond acceptors (Lipinski definition) is 3. The minimum atomic E-state index is 0.489. The molecule has 1 N–H and O–H groups in total. The Hall–Kier alpha value is -0.120. The maximum absolute atomic E-state index is 3.82. The molecule has 1 heterocycles. The van der Waals surface area contributed by atoms with Crippen molar-refractivity contribution in [2.45, 2.75) is 50.7 Å². The summed E-state index contributed by atoms with van der Waals surface area (Å²) in [7, 11) is 0. The molecule has 0 radical (unpaired) electrons. The number of thioether (sulfide) groups is 2. The quantitative estimate of drug-likeness (QED) is 0.855. The Balaban J connectivity index is 2.28. The Labute approximate surface area is 132 Å². The van der Waals surface area contributed by atoms with Gasteiger partial charge in [-0.2, -0.15) is 23.5 Å². The molecule has 0 aliphatic carbocycles. The van der Waals surface area contributed by atoms with Crippen LogP contribution in [0.4, 0.5) is 0 Å². The first kappa shape index (κ1) is 16.3. The summed E-state index contributed by atoms with van der Waals surface area (Å²) in [5.41, 5.74) is 4.38. The van der Waals surface area contributed by atoms with Gasteiger partial charge in [-0.1, -0.05) is 32.0 Å². The van der Waals surface area contributed by atoms with E-state index in [4.69, 9.17) is 0 Å². The van der Waals surface area contributed by atoms with Crippen molar-refractivity contribution >= 4 is 23.5 Å². The van der Waals surface area contributed by atoms with Crippen LogP contribution in [-0.2, 0) is 0 Å². The first-order valence-electron chi connectivity index (χ1n) is 7.67. The van der Waals surface area contributed by atoms with Gasteiger partial charge in [0, 0.05) is 28.0 Å². The van der Waals surface area contributed by atoms with E-state index >= 15 is 0 Å². The van der Waals surface area contributed by atoms with Crippen LogP contribution in [0.25, 0.3) is 0 Å². The van der Waals surface area contributed by atoms with Crippen molar-refractivity contribution < 1.29 is 0 Å². The number of benzene rings is 1. The van der Waals surface area contributed by atoms with Gasteiger partial charge in [0.15, 0.2) is 0 Å². The smallest absolute Gasteiger partial charge is 0.0454 e. The molecule has 20 heavy (non-hydrogen) atoms. The average Bonchev–Trinajstić information content (AvgIpc) is 2.45. The number of aryl methyl sites for hydroxylation is 1. The third-order valence-electron chi connectivity index (χ3n) is 4.16. The van der Waals surface area contributed by atoms with E-state index in [1.54, 1.807) is 0 Å². The molecule has 3 heteroatoms. The summed E-state index contributed by atoms with van der Waals surface area (Å²) in [6.45, 7) is 10.2. The Morgan fingerprint density at radius 2 is 2.00 bits per heavy atom. The van der Waals surface area contributed by atoms with E-state index in [1.807, 2.05) is 0 Å². The molecule has 1 nitrogen and oxygen atoms in total. The Bertz CT molecular complexity index is 433. The normalized spacial score (nSPS) is 24.6. The lowest BCUT2D eigenvalue weighted by Crippen LogP contribution is -2.38. The molecule has 3 unspecified atom stereocenters. The van der Waals surface area contributed by atoms with E-state index in [1.165, 1.54) is 34.6 Å². The predicted octanol–water partition coefficient (Wildman–Crippen LogP) is 4.58. The molecule has 3 atom stereocenters. The van der Waals surface area contributed by atoms with Gasteiger partial charge in [-0.25, -0.2) is 0 Å². The van der Waals surface area contributed by atoms with Gasteiger partial charge in [-0.3, -0.25) is 0 Å². The molecule has 0 aromatic heterocycles. The van der Waals surface area contributed by atoms with Crippen LogP contribution in [0.15, 0.2) is 18.2 Å². The Kier molecular flexibility index (Phi) is 6.31. The average molecular weight is 310 g/mol. The molecule has 1 aliphatic rings. The lowest BCUT2D eigenvalue weighted by molar-refractivity contribution is 0.506. The first-order valence-corrected chi connectivity index (χ1v) is 9.77. The molecule has 112 valence electrons. The highest BCUT2D eigenvalue weighted by atomic mass is 32.2. The van der Waals surface area contributed by atoms with Crippen LogP contribution >= 0.6 is 23.5 Å². The van der Waals surface area contributed by atoms with Crippen molar-refractivity contribution in [2.75, 3.05) is 18.1 Å². The highest BCUT2D eigenvalue weighted by molar-refractivity contribution is 8.07. The topological polar surface area (TPSA) is 12.0 Å². The summed E-state index contributed by atoms with van der Waals surface area (Å²) >= 11 is 4.29. The standard InChI is InChI=1S/C17H27NS2/c1-5-9-18-16(17-14(4)19-10-11-20-17)15-8-6-7-12(2)13(15)3/h6-8,14,16-18H,5,9-11H2,1-4H3. The predicted molar refractivity (Wildman–Crippen MR) is 95.1 cm³/mol. The number of nitrogens with one attached hydrogen (secondary N) is 1. The molecule has 1 saturated heterocycles. The zero-order valence-electron chi connectivity index (χ0n) is 13.1. The number of hydrogen-bond donors (Lipinski definition) is 1. The molecule has 1 fully saturated rings. The lowest BCUT2D eigenvalue weighted by Gasteiger charge is -2.36. The van der Waals surface area contributed by atoms with Gasteiger partial charge in [0.05, 0.1) is 0 Å². The largest absolute Gasteiger partial charge is 0.309 e. The minimum Gasteiger partial charge on any atom is -0.309 e. The second-order valence-electron chi connectivity index (χ2n) is 5.63. The molecular weight excluding hydrogens is 282 g/mol. The second-order valence-corrected chi connectivity index (χ2v) is 8.40. The third-order valence-corrected chi connectivity index (χ3v) is 7.36. The van der Waals surface area contributed by atoms with Gasteiger partial charge in [0.25, 0.3) is 0 Å². The van der Waals surface area contributed by atoms with Crippen LogP contribution in [0.2, 0.25) is 0 Å². The van der Waals surface area contributed by atoms with Gasteiger partial charge >= 0.3 is 0 Å². The van der Waals surface area contributed by atoms with Crippen molar-refractivity contribution in [2.24, 2.45) is 0 Å². The zero-order valence-corrected chi connectivity index (χ0v) is 14.7. The van der Waals surface area contributed by atoms with Crippen LogP contribution in [-0.4, -0.2) is 28.6 Å². The molecular formula is C17H27NS2. The Morgan fingerprint density at radius 1 is 1.25 bits per heavy atom. The molecule has 1 aromatic rings. The van der Waals surface area contributed by atoms with E-state index < -0.39 is 0 Å². The maximum Gasteiger partial charge on any atom is 0.0454 e. The summed E-state index contributed by atoms with van der Waals surface area (Å²) in [6.07, 6.45) is 1.19. The molecule has 1 aliphatic heterocycles. The van der Waals surface area contributed by atoms with Crippen molar-refractivity contribution in [3.8, 4) is 0 Å². The second kappa shape index (κ2) is 7.77. The molecule has 0 bridgehead atoms. The lowest BCUT2D eigenvalue weighted by atomic mass is 9.94. The fourth-order valence-corrected chi connectivity index (χ4v) is 5.77. The van der Waals surface area contributed by atoms with Gasteiger partial charge in [0.1, 0.15) is 0 Å². The third kappa shape index (κ3) is 3.75. The fraction of sp³-hybridized carbons (Fsp3) is 0.647. The van der Waals surface area contributed by atoms with Crippen molar-refractivity contribution in [3.05, 3.63) is 34.9 Å². The van der Waals surface area contributed by atoms with Crippen molar-refractivity contribution in [1.29, 1.82) is 0 Å². The van der Waals surface area contributed by atoms with Crippen LogP contribution in [0.5, 0.6) is 0 Å². The van der Waals surface area contributed by atoms with Crippen LogP contribution in [0.3, 0.4) is 0 Å². The Morgan fingerprint density at radius 3 is 2.70 bits per heavy atom. The molecule has 1 aromatic carbocycles. The van der Waals surface area contributed by atoms with Crippen molar-refractivity contribution in [3.63, 3.8) is 0 Å². The van der Waals surface area contributed by atoms with Crippen LogP contribution < -0.4 is 5.32 Å². The SMILES string of the molecule is CCCNC(c1cccc(C)c1C)C1SCCSC1C. The van der Waals surface area contributed by atoms with Gasteiger partial charge < -0.3 is 5.32 Å². The van der Waals surface area contributed by atoms with E-state index in [0.29, 0.717) is 11.3 Å². The molecule has 0 saturated carbocycles. The van der Waals surface area contributed by atoms with E-state index in [0.717, 1.165) is 11.8 Å². The first-order chi connectivity index (χ1) is 9.65. The van der Waals surface area contributed by atoms with E-state index in [9.17, 15) is 0 Å². The summed E-state index contributed by atoms with van der Waals surface area (Å²) in [5.74, 6) is 2.59. The van der Waals surface area contributed by atoms with E-state index in [2.05, 4.69) is 74.7 Å². The summed E-state index contributed by atoms with van der Waals surface area (Å²) in [5, 5.41) is 5.23. The van der Waals surface area contributed by atoms with Gasteiger partial charge in [-0.05, 0) is 43.5 Å². The highest BCUT2D eigenvalue weighted by Gasteiger charge is 2.31. The van der Waals surface area contributed by atoms with E-state index in [-0.39, 0.29) is 0 Å². The zero-order chi connectivity index (χ0) is 14.5. The van der Waals surface area contributed by atoms with Gasteiger partial charge in [-0.15, -0.1) is 0 Å². The monoisotopic (exact) mass is 309 g/mol. The minimum absolute atomic E-state index is 0.489. The van der Waals surface area contributed by atoms with Crippen LogP contribution in [0.1, 0.15) is 43.0 Å². The van der Waals surface area contributed by atoms with Crippen molar-refractivity contribution in [1.82, 2.24) is 5.32 Å². The highest BCUT2D eigenvalue weighted by Crippen LogP contribution is 2.39. The molecule has 2 rings (SSSR count). The van der Waals surface area contributed by atoms with Crippen LogP contribution in [0, 0.1) is 13.8 Å².